The summed E-state index contributed by atoms with van der Waals surface area (Å²) in [7, 11) is -3.18. The number of rotatable bonds is 3. The molecule has 1 N–H and O–H groups in total. The quantitative estimate of drug-likeness (QED) is 0.852. The summed E-state index contributed by atoms with van der Waals surface area (Å²) >= 11 is 0. The number of piperidine rings is 2. The van der Waals surface area contributed by atoms with Crippen LogP contribution >= 0.6 is 0 Å². The maximum Gasteiger partial charge on any atom is 0.226 e. The Morgan fingerprint density at radius 1 is 1.14 bits per heavy atom. The van der Waals surface area contributed by atoms with E-state index in [9.17, 15) is 13.2 Å². The van der Waals surface area contributed by atoms with Crippen LogP contribution in [0.1, 0.15) is 49.5 Å². The number of nitrogens with zero attached hydrogens (tertiary/aromatic N) is 3. The van der Waals surface area contributed by atoms with E-state index >= 15 is 0 Å². The maximum absolute atomic E-state index is 13.3. The first-order valence-electron chi connectivity index (χ1n) is 10.0. The minimum absolute atomic E-state index is 0.0260. The van der Waals surface area contributed by atoms with Gasteiger partial charge in [0.2, 0.25) is 15.9 Å². The van der Waals surface area contributed by atoms with Crippen LogP contribution in [0, 0.1) is 12.8 Å². The van der Waals surface area contributed by atoms with Crippen molar-refractivity contribution in [1.82, 2.24) is 19.2 Å². The Hall–Kier alpha value is -1.93. The highest BCUT2D eigenvalue weighted by molar-refractivity contribution is 7.88. The van der Waals surface area contributed by atoms with E-state index in [-0.39, 0.29) is 17.9 Å². The molecule has 0 radical (unpaired) electrons. The number of imidazole rings is 1. The van der Waals surface area contributed by atoms with Gasteiger partial charge in [-0.1, -0.05) is 6.07 Å². The number of likely N-dealkylation sites (tertiary alicyclic amines) is 1. The topological polar surface area (TPSA) is 86.4 Å². The number of aryl methyl sites for hydroxylation is 1. The summed E-state index contributed by atoms with van der Waals surface area (Å²) in [5, 5.41) is 0. The van der Waals surface area contributed by atoms with E-state index in [1.807, 2.05) is 17.0 Å². The Labute approximate surface area is 166 Å². The van der Waals surface area contributed by atoms with Gasteiger partial charge in [-0.25, -0.2) is 17.7 Å². The van der Waals surface area contributed by atoms with Gasteiger partial charge in [0.25, 0.3) is 0 Å². The highest BCUT2D eigenvalue weighted by Crippen LogP contribution is 2.33. The number of sulfonamides is 1. The Bertz CT molecular complexity index is 976. The molecule has 1 aromatic heterocycles. The van der Waals surface area contributed by atoms with Gasteiger partial charge in [-0.3, -0.25) is 4.79 Å². The second-order valence-corrected chi connectivity index (χ2v) is 10.1. The van der Waals surface area contributed by atoms with Crippen molar-refractivity contribution in [1.29, 1.82) is 0 Å². The number of amides is 1. The summed E-state index contributed by atoms with van der Waals surface area (Å²) < 4.78 is 24.9. The molecule has 0 saturated carbocycles. The molecule has 2 aliphatic heterocycles. The predicted octanol–water partition coefficient (Wildman–Crippen LogP) is 2.60. The van der Waals surface area contributed by atoms with Crippen molar-refractivity contribution in [2.75, 3.05) is 25.9 Å². The fraction of sp³-hybridized carbons (Fsp3) is 0.600. The van der Waals surface area contributed by atoms with Crippen molar-refractivity contribution in [2.45, 2.75) is 45.1 Å². The molecule has 1 aromatic carbocycles. The van der Waals surface area contributed by atoms with Crippen LogP contribution in [0.4, 0.5) is 0 Å². The Morgan fingerprint density at radius 3 is 2.61 bits per heavy atom. The zero-order chi connectivity index (χ0) is 19.9. The van der Waals surface area contributed by atoms with Crippen LogP contribution in [0.2, 0.25) is 0 Å². The second-order valence-electron chi connectivity index (χ2n) is 8.12. The van der Waals surface area contributed by atoms with Gasteiger partial charge in [-0.2, -0.15) is 0 Å². The molecule has 0 aliphatic carbocycles. The molecule has 28 heavy (non-hydrogen) atoms. The van der Waals surface area contributed by atoms with Crippen LogP contribution in [0.5, 0.6) is 0 Å². The third-order valence-electron chi connectivity index (χ3n) is 6.03. The summed E-state index contributed by atoms with van der Waals surface area (Å²) in [4.78, 5) is 23.5. The van der Waals surface area contributed by atoms with E-state index in [0.29, 0.717) is 25.9 Å². The van der Waals surface area contributed by atoms with E-state index in [2.05, 4.69) is 18.0 Å². The molecule has 1 atom stereocenters. The number of H-pyrrole nitrogens is 1. The van der Waals surface area contributed by atoms with Crippen LogP contribution in [0.25, 0.3) is 11.0 Å². The lowest BCUT2D eigenvalue weighted by molar-refractivity contribution is -0.141. The van der Waals surface area contributed by atoms with Crippen molar-refractivity contribution >= 4 is 27.0 Å². The van der Waals surface area contributed by atoms with E-state index in [4.69, 9.17) is 4.98 Å². The number of aromatic amines is 1. The number of hydrogen-bond donors (Lipinski definition) is 1. The van der Waals surface area contributed by atoms with Crippen LogP contribution in [0.3, 0.4) is 0 Å². The van der Waals surface area contributed by atoms with Crippen LogP contribution in [-0.2, 0) is 14.8 Å². The van der Waals surface area contributed by atoms with Gasteiger partial charge < -0.3 is 9.88 Å². The third kappa shape index (κ3) is 3.80. The SMILES string of the molecule is Cc1ccc2nc([C@@H]3CCCCN3C(=O)C3CCN(S(C)(=O)=O)CC3)[nH]c2c1. The number of hydrogen-bond acceptors (Lipinski definition) is 4. The van der Waals surface area contributed by atoms with E-state index < -0.39 is 10.0 Å². The average molecular weight is 405 g/mol. The van der Waals surface area contributed by atoms with Gasteiger partial charge >= 0.3 is 0 Å². The number of carbonyl (C=O) groups is 1. The number of nitrogens with one attached hydrogen (secondary N) is 1. The minimum Gasteiger partial charge on any atom is -0.340 e. The largest absolute Gasteiger partial charge is 0.340 e. The van der Waals surface area contributed by atoms with Gasteiger partial charge in [0.05, 0.1) is 23.3 Å². The zero-order valence-electron chi connectivity index (χ0n) is 16.5. The lowest BCUT2D eigenvalue weighted by atomic mass is 9.93. The molecule has 1 amide bonds. The molecule has 0 spiro atoms. The molecule has 2 aromatic rings. The van der Waals surface area contributed by atoms with Crippen LogP contribution < -0.4 is 0 Å². The van der Waals surface area contributed by atoms with E-state index in [1.54, 1.807) is 0 Å². The normalized spacial score (nSPS) is 22.6. The molecule has 2 saturated heterocycles. The third-order valence-corrected chi connectivity index (χ3v) is 7.33. The van der Waals surface area contributed by atoms with Gasteiger partial charge in [0, 0.05) is 25.6 Å². The molecule has 8 heteroatoms. The van der Waals surface area contributed by atoms with Crippen LogP contribution in [0.15, 0.2) is 18.2 Å². The number of carbonyl (C=O) groups excluding carboxylic acids is 1. The van der Waals surface area contributed by atoms with Gasteiger partial charge in [-0.15, -0.1) is 0 Å². The lowest BCUT2D eigenvalue weighted by Crippen LogP contribution is -2.46. The maximum atomic E-state index is 13.3. The smallest absolute Gasteiger partial charge is 0.226 e. The average Bonchev–Trinajstić information content (AvgIpc) is 3.10. The minimum atomic E-state index is -3.18. The molecule has 152 valence electrons. The molecular formula is C20H28N4O3S. The molecule has 0 unspecified atom stereocenters. The monoisotopic (exact) mass is 404 g/mol. The fourth-order valence-electron chi connectivity index (χ4n) is 4.45. The highest BCUT2D eigenvalue weighted by atomic mass is 32.2. The van der Waals surface area contributed by atoms with E-state index in [0.717, 1.165) is 42.7 Å². The Kier molecular flexibility index (Phi) is 5.18. The number of fused-ring (bicyclic) bond motifs is 1. The molecule has 7 nitrogen and oxygen atoms in total. The second kappa shape index (κ2) is 7.48. The van der Waals surface area contributed by atoms with Gasteiger partial charge in [-0.05, 0) is 56.7 Å². The van der Waals surface area contributed by atoms with Crippen molar-refractivity contribution in [3.05, 3.63) is 29.6 Å². The Balaban J connectivity index is 1.52. The fourth-order valence-corrected chi connectivity index (χ4v) is 5.32. The summed E-state index contributed by atoms with van der Waals surface area (Å²) in [6.07, 6.45) is 5.41. The van der Waals surface area contributed by atoms with Gasteiger partial charge in [0.1, 0.15) is 5.82 Å². The predicted molar refractivity (Wildman–Crippen MR) is 108 cm³/mol. The summed E-state index contributed by atoms with van der Waals surface area (Å²) in [6.45, 7) is 3.65. The summed E-state index contributed by atoms with van der Waals surface area (Å²) in [5.74, 6) is 0.905. The molecule has 3 heterocycles. The van der Waals surface area contributed by atoms with Crippen molar-refractivity contribution in [3.8, 4) is 0 Å². The Morgan fingerprint density at radius 2 is 1.89 bits per heavy atom. The van der Waals surface area contributed by atoms with E-state index in [1.165, 1.54) is 16.1 Å². The van der Waals surface area contributed by atoms with Gasteiger partial charge in [0.15, 0.2) is 0 Å². The molecule has 0 bridgehead atoms. The number of benzene rings is 1. The van der Waals surface area contributed by atoms with Crippen molar-refractivity contribution in [2.24, 2.45) is 5.92 Å². The first-order chi connectivity index (χ1) is 13.3. The van der Waals surface area contributed by atoms with Crippen molar-refractivity contribution < 1.29 is 13.2 Å². The molecular weight excluding hydrogens is 376 g/mol. The standard InChI is InChI=1S/C20H28N4O3S/c1-14-6-7-16-17(13-14)22-19(21-16)18-5-3-4-10-24(18)20(25)15-8-11-23(12-9-15)28(2,26)27/h6-7,13,15,18H,3-5,8-12H2,1-2H3,(H,21,22)/t18-/m0/s1. The highest BCUT2D eigenvalue weighted by Gasteiger charge is 2.36. The molecule has 2 aliphatic rings. The first-order valence-corrected chi connectivity index (χ1v) is 11.9. The molecule has 2 fully saturated rings. The summed E-state index contributed by atoms with van der Waals surface area (Å²) in [5.41, 5.74) is 3.12. The molecule has 4 rings (SSSR count). The van der Waals surface area contributed by atoms with Crippen LogP contribution in [-0.4, -0.2) is 59.4 Å². The lowest BCUT2D eigenvalue weighted by Gasteiger charge is -2.38. The summed E-state index contributed by atoms with van der Waals surface area (Å²) in [6, 6.07) is 6.12. The zero-order valence-corrected chi connectivity index (χ0v) is 17.3. The number of aromatic nitrogens is 2. The first kappa shape index (κ1) is 19.4. The van der Waals surface area contributed by atoms with Crippen molar-refractivity contribution in [3.63, 3.8) is 0 Å².